The van der Waals surface area contributed by atoms with Crippen LogP contribution in [0.5, 0.6) is 0 Å². The molecule has 24 heavy (non-hydrogen) atoms. The number of thioether (sulfide) groups is 1. The maximum Gasteiger partial charge on any atom is 0.209 e. The Bertz CT molecular complexity index is 883. The normalized spacial score (nSPS) is 11.0. The van der Waals surface area contributed by atoms with E-state index in [0.29, 0.717) is 16.7 Å². The van der Waals surface area contributed by atoms with E-state index in [1.54, 1.807) is 0 Å². The molecule has 1 aromatic carbocycles. The van der Waals surface area contributed by atoms with Crippen molar-refractivity contribution in [1.82, 2.24) is 19.7 Å². The average Bonchev–Trinajstić information content (AvgIpc) is 3.14. The van der Waals surface area contributed by atoms with Gasteiger partial charge in [0, 0.05) is 34.0 Å². The highest BCUT2D eigenvalue weighted by Crippen LogP contribution is 2.22. The zero-order valence-electron chi connectivity index (χ0n) is 13.6. The Labute approximate surface area is 153 Å². The molecule has 2 aromatic heterocycles. The number of halogens is 1. The van der Waals surface area contributed by atoms with Gasteiger partial charge in [-0.25, -0.2) is 4.98 Å². The van der Waals surface area contributed by atoms with Crippen molar-refractivity contribution in [1.29, 1.82) is 0 Å². The highest BCUT2D eigenvalue weighted by molar-refractivity contribution is 9.10. The molecule has 3 rings (SSSR count). The van der Waals surface area contributed by atoms with Crippen molar-refractivity contribution in [2.45, 2.75) is 19.0 Å². The molecule has 3 aromatic rings. The molecule has 0 aliphatic rings. The minimum Gasteiger partial charge on any atom is -0.351 e. The van der Waals surface area contributed by atoms with Crippen molar-refractivity contribution in [3.8, 4) is 11.4 Å². The van der Waals surface area contributed by atoms with E-state index in [1.165, 1.54) is 11.8 Å². The fraction of sp³-hybridized carbons (Fsp3) is 0.235. The fourth-order valence-electron chi connectivity index (χ4n) is 2.39. The highest BCUT2D eigenvalue weighted by Gasteiger charge is 2.15. The Morgan fingerprint density at radius 3 is 2.62 bits per heavy atom. The molecule has 124 valence electrons. The minimum absolute atomic E-state index is 0.0937. The first-order valence-electron chi connectivity index (χ1n) is 7.43. The van der Waals surface area contributed by atoms with Crippen LogP contribution in [0.4, 0.5) is 0 Å². The molecule has 0 aliphatic heterocycles. The molecule has 0 spiro atoms. The highest BCUT2D eigenvalue weighted by atomic mass is 79.9. The van der Waals surface area contributed by atoms with E-state index in [-0.39, 0.29) is 5.78 Å². The van der Waals surface area contributed by atoms with Crippen LogP contribution in [0.15, 0.2) is 40.0 Å². The fourth-order valence-corrected chi connectivity index (χ4v) is 3.34. The molecule has 7 heteroatoms. The first-order chi connectivity index (χ1) is 11.5. The summed E-state index contributed by atoms with van der Waals surface area (Å²) in [5, 5.41) is 7.68. The molecule has 0 radical (unpaired) electrons. The van der Waals surface area contributed by atoms with Gasteiger partial charge in [0.25, 0.3) is 0 Å². The Kier molecular flexibility index (Phi) is 4.91. The van der Waals surface area contributed by atoms with Gasteiger partial charge >= 0.3 is 0 Å². The van der Waals surface area contributed by atoms with Crippen LogP contribution in [-0.4, -0.2) is 31.3 Å². The zero-order valence-corrected chi connectivity index (χ0v) is 16.0. The van der Waals surface area contributed by atoms with Gasteiger partial charge in [0.2, 0.25) is 5.16 Å². The first-order valence-corrected chi connectivity index (χ1v) is 9.21. The van der Waals surface area contributed by atoms with Crippen LogP contribution in [0.1, 0.15) is 21.7 Å². The van der Waals surface area contributed by atoms with Gasteiger partial charge in [-0.3, -0.25) is 9.89 Å². The number of carbonyl (C=O) groups is 1. The summed E-state index contributed by atoms with van der Waals surface area (Å²) >= 11 is 4.75. The van der Waals surface area contributed by atoms with Crippen LogP contribution in [0, 0.1) is 13.8 Å². The van der Waals surface area contributed by atoms with Crippen LogP contribution in [0.25, 0.3) is 11.4 Å². The van der Waals surface area contributed by atoms with E-state index in [2.05, 4.69) is 31.1 Å². The Hall–Kier alpha value is -1.86. The third-order valence-corrected chi connectivity index (χ3v) is 5.37. The molecule has 5 nitrogen and oxygen atoms in total. The van der Waals surface area contributed by atoms with Crippen LogP contribution in [0.3, 0.4) is 0 Å². The maximum atomic E-state index is 12.4. The van der Waals surface area contributed by atoms with Gasteiger partial charge < -0.3 is 4.57 Å². The van der Waals surface area contributed by atoms with Gasteiger partial charge in [0.15, 0.2) is 11.6 Å². The van der Waals surface area contributed by atoms with Gasteiger partial charge in [0.05, 0.1) is 5.75 Å². The number of carbonyl (C=O) groups excluding carboxylic acids is 1. The summed E-state index contributed by atoms with van der Waals surface area (Å²) < 4.78 is 3.04. The Morgan fingerprint density at radius 1 is 1.29 bits per heavy atom. The predicted molar refractivity (Wildman–Crippen MR) is 99.5 cm³/mol. The summed E-state index contributed by atoms with van der Waals surface area (Å²) in [6.45, 7) is 3.96. The van der Waals surface area contributed by atoms with Gasteiger partial charge in [-0.05, 0) is 32.0 Å². The number of aryl methyl sites for hydroxylation is 1. The van der Waals surface area contributed by atoms with Crippen LogP contribution < -0.4 is 0 Å². The van der Waals surface area contributed by atoms with Crippen molar-refractivity contribution in [3.63, 3.8) is 0 Å². The number of hydrogen-bond acceptors (Lipinski definition) is 4. The van der Waals surface area contributed by atoms with E-state index < -0.39 is 0 Å². The number of aromatic nitrogens is 4. The number of H-pyrrole nitrogens is 1. The second-order valence-corrected chi connectivity index (χ2v) is 7.39. The zero-order chi connectivity index (χ0) is 17.3. The van der Waals surface area contributed by atoms with Crippen LogP contribution in [-0.2, 0) is 7.05 Å². The molecule has 0 unspecified atom stereocenters. The number of nitrogens with zero attached hydrogens (tertiary/aromatic N) is 3. The van der Waals surface area contributed by atoms with E-state index in [1.807, 2.05) is 55.8 Å². The third-order valence-electron chi connectivity index (χ3n) is 3.99. The summed E-state index contributed by atoms with van der Waals surface area (Å²) in [4.78, 5) is 16.9. The Balaban J connectivity index is 1.68. The molecule has 2 heterocycles. The molecule has 0 aliphatic carbocycles. The first kappa shape index (κ1) is 17.0. The molecule has 0 saturated heterocycles. The summed E-state index contributed by atoms with van der Waals surface area (Å²) in [6, 6.07) is 9.76. The Morgan fingerprint density at radius 2 is 2.00 bits per heavy atom. The number of hydrogen-bond donors (Lipinski definition) is 1. The second-order valence-electron chi connectivity index (χ2n) is 5.53. The number of ketones is 1. The number of rotatable bonds is 5. The lowest BCUT2D eigenvalue weighted by molar-refractivity contribution is 0.102. The summed E-state index contributed by atoms with van der Waals surface area (Å²) in [5.74, 6) is 1.11. The number of aromatic amines is 1. The maximum absolute atomic E-state index is 12.4. The quantitative estimate of drug-likeness (QED) is 0.511. The predicted octanol–water partition coefficient (Wildman–Crippen LogP) is 4.16. The second kappa shape index (κ2) is 6.94. The number of Topliss-reactive ketones (excluding diaryl/α,β-unsaturated/α-hetero) is 1. The van der Waals surface area contributed by atoms with Crippen molar-refractivity contribution < 1.29 is 4.79 Å². The molecule has 0 bridgehead atoms. The monoisotopic (exact) mass is 404 g/mol. The summed E-state index contributed by atoms with van der Waals surface area (Å²) in [7, 11) is 1.97. The van der Waals surface area contributed by atoms with Gasteiger partial charge in [-0.15, -0.1) is 5.10 Å². The van der Waals surface area contributed by atoms with Crippen molar-refractivity contribution in [2.24, 2.45) is 7.05 Å². The van der Waals surface area contributed by atoms with Gasteiger partial charge in [0.1, 0.15) is 0 Å². The lowest BCUT2D eigenvalue weighted by atomic mass is 10.2. The van der Waals surface area contributed by atoms with E-state index >= 15 is 0 Å². The largest absolute Gasteiger partial charge is 0.351 e. The lowest BCUT2D eigenvalue weighted by Crippen LogP contribution is -2.04. The van der Waals surface area contributed by atoms with Crippen LogP contribution >= 0.6 is 27.7 Å². The number of benzene rings is 1. The number of nitrogens with one attached hydrogen (secondary N) is 1. The lowest BCUT2D eigenvalue weighted by Gasteiger charge is -2.01. The molecule has 0 amide bonds. The average molecular weight is 405 g/mol. The van der Waals surface area contributed by atoms with Crippen molar-refractivity contribution in [3.05, 3.63) is 51.8 Å². The van der Waals surface area contributed by atoms with E-state index in [9.17, 15) is 4.79 Å². The summed E-state index contributed by atoms with van der Waals surface area (Å²) in [5.41, 5.74) is 3.80. The van der Waals surface area contributed by atoms with Crippen molar-refractivity contribution >= 4 is 33.5 Å². The topological polar surface area (TPSA) is 63.6 Å². The SMILES string of the molecule is Cc1cc(C(=O)CSc2n[nH]c(-c3ccc(Br)cc3)n2)c(C)n1C. The minimum atomic E-state index is 0.0937. The van der Waals surface area contributed by atoms with Crippen molar-refractivity contribution in [2.75, 3.05) is 5.75 Å². The smallest absolute Gasteiger partial charge is 0.209 e. The molecule has 0 saturated carbocycles. The molecule has 1 N–H and O–H groups in total. The molecular formula is C17H17BrN4OS. The van der Waals surface area contributed by atoms with Gasteiger partial charge in [-0.2, -0.15) is 0 Å². The third kappa shape index (κ3) is 3.47. The van der Waals surface area contributed by atoms with Crippen LogP contribution in [0.2, 0.25) is 0 Å². The standard InChI is InChI=1S/C17H17BrN4OS/c1-10-8-14(11(2)22(10)3)15(23)9-24-17-19-16(20-21-17)12-4-6-13(18)7-5-12/h4-8H,9H2,1-3H3,(H,19,20,21). The van der Waals surface area contributed by atoms with E-state index in [0.717, 1.165) is 27.0 Å². The van der Waals surface area contributed by atoms with E-state index in [4.69, 9.17) is 0 Å². The molecule has 0 atom stereocenters. The molecular weight excluding hydrogens is 388 g/mol. The summed E-state index contributed by atoms with van der Waals surface area (Å²) in [6.07, 6.45) is 0. The molecule has 0 fully saturated rings. The van der Waals surface area contributed by atoms with Gasteiger partial charge in [-0.1, -0.05) is 39.8 Å².